The lowest BCUT2D eigenvalue weighted by molar-refractivity contribution is -0.385. The topological polar surface area (TPSA) is 122 Å². The summed E-state index contributed by atoms with van der Waals surface area (Å²) < 4.78 is 30.8. The maximum Gasteiger partial charge on any atom is 0.338 e. The maximum absolute atomic E-state index is 13.7. The zero-order valence-corrected chi connectivity index (χ0v) is 21.1. The standard InChI is InChI=1S/C25H22FN3O7S/c1-5-36-24(31)21-13(2)27-25-28(22(21)14-6-8-16(26)9-7-14)23(30)20(37-25)11-15-10-18(34-3)19(35-4)12-17(15)29(32)33/h6-12,22H,5H2,1-4H3/b20-11-/t22-/m0/s1. The Labute approximate surface area is 213 Å². The van der Waals surface area contributed by atoms with Crippen molar-refractivity contribution in [1.29, 1.82) is 0 Å². The van der Waals surface area contributed by atoms with E-state index in [0.717, 1.165) is 11.3 Å². The largest absolute Gasteiger partial charge is 0.493 e. The fourth-order valence-electron chi connectivity index (χ4n) is 4.05. The van der Waals surface area contributed by atoms with E-state index in [1.165, 1.54) is 61.3 Å². The highest BCUT2D eigenvalue weighted by molar-refractivity contribution is 7.07. The second-order valence-electron chi connectivity index (χ2n) is 7.88. The second-order valence-corrected chi connectivity index (χ2v) is 8.89. The number of thiazole rings is 1. The number of halogens is 1. The minimum absolute atomic E-state index is 0.110. The van der Waals surface area contributed by atoms with Gasteiger partial charge in [0.1, 0.15) is 5.82 Å². The molecular formula is C25H22FN3O7S. The predicted octanol–water partition coefficient (Wildman–Crippen LogP) is 2.86. The van der Waals surface area contributed by atoms with Crippen LogP contribution in [0.2, 0.25) is 0 Å². The number of carbonyl (C=O) groups is 1. The first-order valence-electron chi connectivity index (χ1n) is 11.1. The number of hydrogen-bond donors (Lipinski definition) is 0. The predicted molar refractivity (Wildman–Crippen MR) is 133 cm³/mol. The first-order valence-corrected chi connectivity index (χ1v) is 11.9. The molecule has 2 aromatic carbocycles. The maximum atomic E-state index is 13.7. The van der Waals surface area contributed by atoms with Crippen LogP contribution < -0.4 is 24.4 Å². The molecule has 0 bridgehead atoms. The Balaban J connectivity index is 1.99. The summed E-state index contributed by atoms with van der Waals surface area (Å²) in [6.45, 7) is 3.39. The molecule has 0 spiro atoms. The molecule has 0 radical (unpaired) electrons. The van der Waals surface area contributed by atoms with Gasteiger partial charge in [-0.2, -0.15) is 0 Å². The molecule has 1 aliphatic rings. The van der Waals surface area contributed by atoms with Crippen LogP contribution in [0.3, 0.4) is 0 Å². The van der Waals surface area contributed by atoms with Gasteiger partial charge in [0.05, 0.1) is 59.2 Å². The van der Waals surface area contributed by atoms with E-state index in [0.29, 0.717) is 11.3 Å². The van der Waals surface area contributed by atoms with Gasteiger partial charge in [0.2, 0.25) is 0 Å². The van der Waals surface area contributed by atoms with Gasteiger partial charge in [0, 0.05) is 0 Å². The molecule has 0 aliphatic carbocycles. The number of ether oxygens (including phenoxy) is 3. The number of hydrogen-bond acceptors (Lipinski definition) is 9. The Kier molecular flexibility index (Phi) is 7.21. The lowest BCUT2D eigenvalue weighted by Gasteiger charge is -2.24. The number of fused-ring (bicyclic) bond motifs is 1. The molecule has 10 nitrogen and oxygen atoms in total. The Hall–Kier alpha value is -4.32. The number of allylic oxidation sites excluding steroid dienone is 1. The molecule has 0 unspecified atom stereocenters. The highest BCUT2D eigenvalue weighted by Crippen LogP contribution is 2.35. The van der Waals surface area contributed by atoms with Crippen molar-refractivity contribution in [3.8, 4) is 11.5 Å². The van der Waals surface area contributed by atoms with Crippen LogP contribution in [0.15, 0.2) is 57.5 Å². The minimum Gasteiger partial charge on any atom is -0.493 e. The number of esters is 1. The number of nitrogens with zero attached hydrogens (tertiary/aromatic N) is 3. The van der Waals surface area contributed by atoms with Crippen LogP contribution in [-0.2, 0) is 9.53 Å². The van der Waals surface area contributed by atoms with Gasteiger partial charge in [-0.3, -0.25) is 19.5 Å². The zero-order valence-electron chi connectivity index (χ0n) is 20.3. The summed E-state index contributed by atoms with van der Waals surface area (Å²) >= 11 is 1.01. The molecule has 4 rings (SSSR count). The normalized spacial score (nSPS) is 15.2. The molecule has 192 valence electrons. The first-order chi connectivity index (χ1) is 17.7. The van der Waals surface area contributed by atoms with Crippen molar-refractivity contribution >= 4 is 29.1 Å². The molecule has 1 aromatic heterocycles. The summed E-state index contributed by atoms with van der Waals surface area (Å²) in [5.41, 5.74) is 0.261. The van der Waals surface area contributed by atoms with Crippen molar-refractivity contribution in [1.82, 2.24) is 4.57 Å². The Bertz CT molecular complexity index is 1610. The van der Waals surface area contributed by atoms with Gasteiger partial charge in [0.15, 0.2) is 16.3 Å². The summed E-state index contributed by atoms with van der Waals surface area (Å²) in [7, 11) is 2.75. The highest BCUT2D eigenvalue weighted by atomic mass is 32.1. The molecule has 2 heterocycles. The fraction of sp³-hybridized carbons (Fsp3) is 0.240. The molecule has 1 atom stereocenters. The smallest absolute Gasteiger partial charge is 0.338 e. The summed E-state index contributed by atoms with van der Waals surface area (Å²) in [5, 5.41) is 11.7. The van der Waals surface area contributed by atoms with Crippen LogP contribution in [0.4, 0.5) is 10.1 Å². The summed E-state index contributed by atoms with van der Waals surface area (Å²) in [5.74, 6) is -0.714. The third-order valence-corrected chi connectivity index (χ3v) is 6.70. The molecule has 37 heavy (non-hydrogen) atoms. The lowest BCUT2D eigenvalue weighted by Crippen LogP contribution is -2.39. The van der Waals surface area contributed by atoms with Crippen molar-refractivity contribution in [3.63, 3.8) is 0 Å². The summed E-state index contributed by atoms with van der Waals surface area (Å²) in [4.78, 5) is 42.5. The van der Waals surface area contributed by atoms with Crippen LogP contribution in [0.5, 0.6) is 11.5 Å². The van der Waals surface area contributed by atoms with E-state index < -0.39 is 28.3 Å². The molecule has 0 saturated carbocycles. The summed E-state index contributed by atoms with van der Waals surface area (Å²) in [6.07, 6.45) is 1.37. The van der Waals surface area contributed by atoms with E-state index in [1.54, 1.807) is 13.8 Å². The van der Waals surface area contributed by atoms with Crippen LogP contribution >= 0.6 is 11.3 Å². The number of methoxy groups -OCH3 is 2. The van der Waals surface area contributed by atoms with Gasteiger partial charge in [-0.15, -0.1) is 0 Å². The van der Waals surface area contributed by atoms with Crippen LogP contribution in [0, 0.1) is 15.9 Å². The first kappa shape index (κ1) is 25.8. The van der Waals surface area contributed by atoms with Crippen molar-refractivity contribution in [3.05, 3.63) is 94.4 Å². The molecular weight excluding hydrogens is 505 g/mol. The van der Waals surface area contributed by atoms with E-state index in [9.17, 15) is 24.1 Å². The van der Waals surface area contributed by atoms with E-state index in [1.807, 2.05) is 0 Å². The third kappa shape index (κ3) is 4.75. The van der Waals surface area contributed by atoms with Gasteiger partial charge in [0.25, 0.3) is 11.2 Å². The van der Waals surface area contributed by atoms with Gasteiger partial charge < -0.3 is 14.2 Å². The number of benzene rings is 2. The lowest BCUT2D eigenvalue weighted by atomic mass is 9.96. The number of nitro benzene ring substituents is 1. The third-order valence-electron chi connectivity index (χ3n) is 5.72. The average Bonchev–Trinajstić information content (AvgIpc) is 3.17. The quantitative estimate of drug-likeness (QED) is 0.263. The van der Waals surface area contributed by atoms with Crippen molar-refractivity contribution in [2.24, 2.45) is 4.99 Å². The summed E-state index contributed by atoms with van der Waals surface area (Å²) in [6, 6.07) is 7.11. The van der Waals surface area contributed by atoms with Gasteiger partial charge >= 0.3 is 5.97 Å². The molecule has 12 heteroatoms. The van der Waals surface area contributed by atoms with Crippen LogP contribution in [-0.4, -0.2) is 36.3 Å². The molecule has 0 N–H and O–H groups in total. The fourth-order valence-corrected chi connectivity index (χ4v) is 5.09. The van der Waals surface area contributed by atoms with Gasteiger partial charge in [-0.1, -0.05) is 23.5 Å². The zero-order chi connectivity index (χ0) is 26.9. The SMILES string of the molecule is CCOC(=O)C1=C(C)N=c2s/c(=C\c3cc(OC)c(OC)cc3[N+](=O)[O-])c(=O)n2[C@H]1c1ccc(F)cc1. The van der Waals surface area contributed by atoms with E-state index in [4.69, 9.17) is 14.2 Å². The van der Waals surface area contributed by atoms with Crippen LogP contribution in [0.1, 0.15) is 31.0 Å². The molecule has 0 amide bonds. The number of carbonyl (C=O) groups excluding carboxylic acids is 1. The molecule has 0 saturated heterocycles. The van der Waals surface area contributed by atoms with Crippen molar-refractivity contribution in [2.75, 3.05) is 20.8 Å². The average molecular weight is 528 g/mol. The van der Waals surface area contributed by atoms with Crippen molar-refractivity contribution in [2.45, 2.75) is 19.9 Å². The van der Waals surface area contributed by atoms with Gasteiger partial charge in [-0.05, 0) is 43.7 Å². The van der Waals surface area contributed by atoms with Crippen molar-refractivity contribution < 1.29 is 28.3 Å². The molecule has 0 fully saturated rings. The van der Waals surface area contributed by atoms with E-state index >= 15 is 0 Å². The molecule has 3 aromatic rings. The Morgan fingerprint density at radius 2 is 1.86 bits per heavy atom. The monoisotopic (exact) mass is 527 g/mol. The minimum atomic E-state index is -0.932. The Morgan fingerprint density at radius 1 is 1.22 bits per heavy atom. The molecule has 1 aliphatic heterocycles. The van der Waals surface area contributed by atoms with Crippen LogP contribution in [0.25, 0.3) is 6.08 Å². The highest BCUT2D eigenvalue weighted by Gasteiger charge is 2.33. The number of rotatable bonds is 7. The number of nitro groups is 1. The Morgan fingerprint density at radius 3 is 2.46 bits per heavy atom. The number of aromatic nitrogens is 1. The second kappa shape index (κ2) is 10.3. The van der Waals surface area contributed by atoms with Gasteiger partial charge in [-0.25, -0.2) is 14.2 Å². The van der Waals surface area contributed by atoms with E-state index in [-0.39, 0.29) is 44.3 Å². The van der Waals surface area contributed by atoms with E-state index in [2.05, 4.69) is 4.99 Å².